The third-order valence-electron chi connectivity index (χ3n) is 7.88. The SMILES string of the molecule is CCOc1ccc(N(CC(=O)N(Cc2ccc(Cl)cc2Cl)[C@@H](C)C(=O)NC2CCCC2)S(=O)(=O)c2ccc(OC)c(OC)c2)cc1. The predicted molar refractivity (Wildman–Crippen MR) is 179 cm³/mol. The molecule has 1 aliphatic rings. The average Bonchev–Trinajstić information content (AvgIpc) is 3.56. The Labute approximate surface area is 280 Å². The maximum absolute atomic E-state index is 14.3. The van der Waals surface area contributed by atoms with Crippen molar-refractivity contribution in [2.24, 2.45) is 0 Å². The van der Waals surface area contributed by atoms with Crippen molar-refractivity contribution in [1.29, 1.82) is 0 Å². The largest absolute Gasteiger partial charge is 0.494 e. The van der Waals surface area contributed by atoms with Crippen molar-refractivity contribution in [2.45, 2.75) is 63.1 Å². The van der Waals surface area contributed by atoms with E-state index in [2.05, 4.69) is 5.32 Å². The van der Waals surface area contributed by atoms with Crippen molar-refractivity contribution in [3.8, 4) is 17.2 Å². The zero-order valence-electron chi connectivity index (χ0n) is 26.3. The molecule has 2 amide bonds. The third kappa shape index (κ3) is 8.37. The molecule has 0 bridgehead atoms. The van der Waals surface area contributed by atoms with Crippen LogP contribution in [-0.4, -0.2) is 64.6 Å². The molecule has 13 heteroatoms. The average molecular weight is 693 g/mol. The first-order chi connectivity index (χ1) is 22.0. The van der Waals surface area contributed by atoms with Crippen LogP contribution in [0.3, 0.4) is 0 Å². The molecule has 0 aliphatic heterocycles. The van der Waals surface area contributed by atoms with Gasteiger partial charge in [0.1, 0.15) is 18.3 Å². The second-order valence-corrected chi connectivity index (χ2v) is 13.6. The van der Waals surface area contributed by atoms with Gasteiger partial charge in [0.05, 0.1) is 31.4 Å². The van der Waals surface area contributed by atoms with Crippen molar-refractivity contribution < 1.29 is 32.2 Å². The number of nitrogens with one attached hydrogen (secondary N) is 1. The maximum atomic E-state index is 14.3. The molecule has 0 saturated heterocycles. The van der Waals surface area contributed by atoms with Crippen molar-refractivity contribution in [3.05, 3.63) is 76.3 Å². The van der Waals surface area contributed by atoms with Crippen LogP contribution in [0.5, 0.6) is 17.2 Å². The topological polar surface area (TPSA) is 114 Å². The molecule has 4 rings (SSSR count). The molecular weight excluding hydrogens is 653 g/mol. The molecule has 0 aromatic heterocycles. The Morgan fingerprint density at radius 3 is 2.24 bits per heavy atom. The Morgan fingerprint density at radius 1 is 0.957 bits per heavy atom. The minimum atomic E-state index is -4.35. The summed E-state index contributed by atoms with van der Waals surface area (Å²) >= 11 is 12.6. The van der Waals surface area contributed by atoms with Gasteiger partial charge in [-0.2, -0.15) is 0 Å². The van der Waals surface area contributed by atoms with Gasteiger partial charge >= 0.3 is 0 Å². The third-order valence-corrected chi connectivity index (χ3v) is 10.2. The fourth-order valence-corrected chi connectivity index (χ4v) is 7.21. The van der Waals surface area contributed by atoms with Crippen LogP contribution in [0.2, 0.25) is 10.0 Å². The van der Waals surface area contributed by atoms with E-state index in [0.717, 1.165) is 30.0 Å². The molecule has 3 aromatic carbocycles. The molecule has 0 heterocycles. The van der Waals surface area contributed by atoms with Crippen LogP contribution >= 0.6 is 23.2 Å². The molecular formula is C33H39Cl2N3O7S. The van der Waals surface area contributed by atoms with E-state index in [4.69, 9.17) is 37.4 Å². The van der Waals surface area contributed by atoms with Crippen LogP contribution in [0.25, 0.3) is 0 Å². The summed E-state index contributed by atoms with van der Waals surface area (Å²) in [4.78, 5) is 28.9. The number of nitrogens with zero attached hydrogens (tertiary/aromatic N) is 2. The molecule has 0 spiro atoms. The van der Waals surface area contributed by atoms with Gasteiger partial charge in [0, 0.05) is 28.7 Å². The second kappa shape index (κ2) is 15.8. The number of carbonyl (C=O) groups excluding carboxylic acids is 2. The molecule has 1 atom stereocenters. The number of halogens is 2. The lowest BCUT2D eigenvalue weighted by atomic mass is 10.1. The monoisotopic (exact) mass is 691 g/mol. The molecule has 10 nitrogen and oxygen atoms in total. The first-order valence-corrected chi connectivity index (χ1v) is 17.2. The van der Waals surface area contributed by atoms with Gasteiger partial charge < -0.3 is 24.4 Å². The summed E-state index contributed by atoms with van der Waals surface area (Å²) in [7, 11) is -1.50. The number of carbonyl (C=O) groups is 2. The highest BCUT2D eigenvalue weighted by Crippen LogP contribution is 2.33. The lowest BCUT2D eigenvalue weighted by molar-refractivity contribution is -0.139. The highest BCUT2D eigenvalue weighted by atomic mass is 35.5. The van der Waals surface area contributed by atoms with E-state index in [-0.39, 0.29) is 34.8 Å². The number of amides is 2. The van der Waals surface area contributed by atoms with Gasteiger partial charge in [-0.1, -0.05) is 42.1 Å². The fraction of sp³-hybridized carbons (Fsp3) is 0.394. The molecule has 248 valence electrons. The number of sulfonamides is 1. The maximum Gasteiger partial charge on any atom is 0.264 e. The van der Waals surface area contributed by atoms with Crippen molar-refractivity contribution >= 4 is 50.7 Å². The Bertz CT molecular complexity index is 1630. The van der Waals surface area contributed by atoms with Crippen LogP contribution in [0.15, 0.2) is 65.6 Å². The van der Waals surface area contributed by atoms with E-state index in [9.17, 15) is 18.0 Å². The summed E-state index contributed by atoms with van der Waals surface area (Å²) < 4.78 is 45.7. The highest BCUT2D eigenvalue weighted by molar-refractivity contribution is 7.92. The Balaban J connectivity index is 1.74. The molecule has 46 heavy (non-hydrogen) atoms. The highest BCUT2D eigenvalue weighted by Gasteiger charge is 2.34. The van der Waals surface area contributed by atoms with Crippen LogP contribution in [0.1, 0.15) is 45.1 Å². The lowest BCUT2D eigenvalue weighted by Gasteiger charge is -2.32. The van der Waals surface area contributed by atoms with Crippen LogP contribution in [0.4, 0.5) is 5.69 Å². The molecule has 0 unspecified atom stereocenters. The number of hydrogen-bond donors (Lipinski definition) is 1. The number of rotatable bonds is 14. The van der Waals surface area contributed by atoms with Crippen molar-refractivity contribution in [1.82, 2.24) is 10.2 Å². The summed E-state index contributed by atoms with van der Waals surface area (Å²) in [6.45, 7) is 3.22. The lowest BCUT2D eigenvalue weighted by Crippen LogP contribution is -2.52. The van der Waals surface area contributed by atoms with E-state index < -0.39 is 28.5 Å². The molecule has 1 N–H and O–H groups in total. The van der Waals surface area contributed by atoms with Gasteiger partial charge in [-0.25, -0.2) is 8.42 Å². The quantitative estimate of drug-likeness (QED) is 0.218. The number of methoxy groups -OCH3 is 2. The summed E-state index contributed by atoms with van der Waals surface area (Å²) in [5, 5.41) is 3.78. The Kier molecular flexibility index (Phi) is 12.0. The fourth-order valence-electron chi connectivity index (χ4n) is 5.32. The summed E-state index contributed by atoms with van der Waals surface area (Å²) in [5.74, 6) is 0.145. The van der Waals surface area contributed by atoms with Gasteiger partial charge in [0.2, 0.25) is 11.8 Å². The van der Waals surface area contributed by atoms with Gasteiger partial charge in [-0.3, -0.25) is 13.9 Å². The summed E-state index contributed by atoms with van der Waals surface area (Å²) in [5.41, 5.74) is 0.773. The molecule has 1 fully saturated rings. The predicted octanol–water partition coefficient (Wildman–Crippen LogP) is 6.08. The zero-order valence-corrected chi connectivity index (χ0v) is 28.6. The van der Waals surface area contributed by atoms with Gasteiger partial charge in [0.15, 0.2) is 11.5 Å². The minimum Gasteiger partial charge on any atom is -0.494 e. The van der Waals surface area contributed by atoms with E-state index in [0.29, 0.717) is 33.7 Å². The number of anilines is 1. The van der Waals surface area contributed by atoms with E-state index in [1.165, 1.54) is 37.3 Å². The second-order valence-electron chi connectivity index (χ2n) is 10.9. The molecule has 1 aliphatic carbocycles. The standard InChI is InChI=1S/C33H39Cl2N3O7S/c1-5-45-27-14-12-26(13-15-27)38(46(41,42)28-16-17-30(43-3)31(19-28)44-4)21-32(39)37(20-23-10-11-24(34)18-29(23)35)22(2)33(40)36-25-8-6-7-9-25/h10-19,22,25H,5-9,20-21H2,1-4H3,(H,36,40)/t22-/m0/s1. The van der Waals surface area contributed by atoms with Gasteiger partial charge in [0.25, 0.3) is 10.0 Å². The van der Waals surface area contributed by atoms with Crippen LogP contribution in [-0.2, 0) is 26.2 Å². The minimum absolute atomic E-state index is 0.0248. The molecule has 0 radical (unpaired) electrons. The van der Waals surface area contributed by atoms with Crippen LogP contribution in [0, 0.1) is 0 Å². The first kappa shape index (κ1) is 35.2. The Morgan fingerprint density at radius 2 is 1.63 bits per heavy atom. The van der Waals surface area contributed by atoms with E-state index >= 15 is 0 Å². The number of ether oxygens (including phenoxy) is 3. The Hall–Kier alpha value is -3.67. The van der Waals surface area contributed by atoms with Gasteiger partial charge in [-0.05, 0) is 80.8 Å². The normalized spacial score (nSPS) is 14.0. The van der Waals surface area contributed by atoms with E-state index in [1.807, 2.05) is 6.92 Å². The van der Waals surface area contributed by atoms with Gasteiger partial charge in [-0.15, -0.1) is 0 Å². The van der Waals surface area contributed by atoms with E-state index in [1.54, 1.807) is 49.4 Å². The molecule has 1 saturated carbocycles. The smallest absolute Gasteiger partial charge is 0.264 e. The summed E-state index contributed by atoms with van der Waals surface area (Å²) in [6, 6.07) is 14.5. The van der Waals surface area contributed by atoms with Crippen molar-refractivity contribution in [2.75, 3.05) is 31.7 Å². The molecule has 3 aromatic rings. The number of hydrogen-bond acceptors (Lipinski definition) is 7. The summed E-state index contributed by atoms with van der Waals surface area (Å²) in [6.07, 6.45) is 3.77. The van der Waals surface area contributed by atoms with Crippen molar-refractivity contribution in [3.63, 3.8) is 0 Å². The van der Waals surface area contributed by atoms with Crippen LogP contribution < -0.4 is 23.8 Å². The first-order valence-electron chi connectivity index (χ1n) is 15.0. The number of benzene rings is 3. The zero-order chi connectivity index (χ0) is 33.4.